The zero-order chi connectivity index (χ0) is 16.2. The molecule has 3 heterocycles. The summed E-state index contributed by atoms with van der Waals surface area (Å²) >= 11 is 1.76. The van der Waals surface area contributed by atoms with Gasteiger partial charge in [0.05, 0.1) is 27.4 Å². The van der Waals surface area contributed by atoms with Crippen molar-refractivity contribution in [3.8, 4) is 10.6 Å². The van der Waals surface area contributed by atoms with Gasteiger partial charge in [-0.1, -0.05) is 6.07 Å². The summed E-state index contributed by atoms with van der Waals surface area (Å²) in [6.07, 6.45) is 3.82. The predicted molar refractivity (Wildman–Crippen MR) is 98.4 cm³/mol. The number of nitrogens with zero attached hydrogens (tertiary/aromatic N) is 3. The Morgan fingerprint density at radius 1 is 1.26 bits per heavy atom. The molecule has 0 aliphatic heterocycles. The van der Waals surface area contributed by atoms with Crippen LogP contribution in [-0.4, -0.2) is 43.0 Å². The van der Waals surface area contributed by atoms with Crippen molar-refractivity contribution in [1.82, 2.24) is 14.8 Å². The van der Waals surface area contributed by atoms with Crippen molar-refractivity contribution in [1.29, 1.82) is 0 Å². The molecule has 4 nitrogen and oxygen atoms in total. The molecule has 6 heteroatoms. The summed E-state index contributed by atoms with van der Waals surface area (Å²) in [5.41, 5.74) is 4.54. The van der Waals surface area contributed by atoms with Crippen LogP contribution in [0.25, 0.3) is 20.8 Å². The quantitative estimate of drug-likeness (QED) is 0.653. The Bertz CT molecular complexity index is 788. The first-order chi connectivity index (χ1) is 11.2. The predicted octanol–water partition coefficient (Wildman–Crippen LogP) is 2.66. The first-order valence-electron chi connectivity index (χ1n) is 7.65. The summed E-state index contributed by atoms with van der Waals surface area (Å²) in [6.45, 7) is 4.66. The molecular formula is C17H20BN3OS. The Labute approximate surface area is 141 Å². The van der Waals surface area contributed by atoms with E-state index in [-0.39, 0.29) is 0 Å². The average Bonchev–Trinajstić information content (AvgIpc) is 2.99. The van der Waals surface area contributed by atoms with Crippen molar-refractivity contribution in [3.05, 3.63) is 47.8 Å². The van der Waals surface area contributed by atoms with Crippen LogP contribution in [0.1, 0.15) is 11.1 Å². The minimum Gasteiger partial charge on any atom is -0.383 e. The fourth-order valence-electron chi connectivity index (χ4n) is 2.49. The third-order valence-electron chi connectivity index (χ3n) is 3.82. The molecule has 3 aromatic heterocycles. The van der Waals surface area contributed by atoms with Gasteiger partial charge in [-0.05, 0) is 36.2 Å². The van der Waals surface area contributed by atoms with Crippen LogP contribution in [0.5, 0.6) is 0 Å². The number of hydrogen-bond donors (Lipinski definition) is 0. The van der Waals surface area contributed by atoms with Crippen LogP contribution in [0.3, 0.4) is 0 Å². The van der Waals surface area contributed by atoms with Gasteiger partial charge in [-0.15, -0.1) is 11.3 Å². The van der Waals surface area contributed by atoms with E-state index in [0.29, 0.717) is 0 Å². The van der Waals surface area contributed by atoms with E-state index in [2.05, 4.69) is 53.9 Å². The second-order valence-corrected chi connectivity index (χ2v) is 6.79. The SMILES string of the molecule is BN(CCOC)Cc1ccc(-c2cc3nccc(C)c3s2)nc1. The highest BCUT2D eigenvalue weighted by atomic mass is 32.1. The van der Waals surface area contributed by atoms with Crippen LogP contribution in [0.15, 0.2) is 36.7 Å². The van der Waals surface area contributed by atoms with Gasteiger partial charge in [-0.25, -0.2) is 0 Å². The van der Waals surface area contributed by atoms with E-state index in [4.69, 9.17) is 4.74 Å². The van der Waals surface area contributed by atoms with Gasteiger partial charge in [-0.3, -0.25) is 9.97 Å². The molecule has 3 aromatic rings. The molecule has 0 bridgehead atoms. The third-order valence-corrected chi connectivity index (χ3v) is 5.10. The molecule has 0 aliphatic carbocycles. The Morgan fingerprint density at radius 2 is 2.13 bits per heavy atom. The van der Waals surface area contributed by atoms with Crippen LogP contribution in [0.4, 0.5) is 0 Å². The maximum atomic E-state index is 5.10. The number of aromatic nitrogens is 2. The van der Waals surface area contributed by atoms with Crippen LogP contribution in [-0.2, 0) is 11.3 Å². The molecule has 0 atom stereocenters. The molecule has 0 amide bonds. The largest absolute Gasteiger partial charge is 0.383 e. The molecule has 0 N–H and O–H groups in total. The maximum Gasteiger partial charge on any atom is 0.185 e. The van der Waals surface area contributed by atoms with E-state index < -0.39 is 0 Å². The van der Waals surface area contributed by atoms with Crippen molar-refractivity contribution in [2.45, 2.75) is 13.5 Å². The summed E-state index contributed by atoms with van der Waals surface area (Å²) in [7, 11) is 3.82. The summed E-state index contributed by atoms with van der Waals surface area (Å²) in [5.74, 6) is 0. The van der Waals surface area contributed by atoms with Gasteiger partial charge in [0.2, 0.25) is 0 Å². The van der Waals surface area contributed by atoms with Crippen LogP contribution in [0.2, 0.25) is 0 Å². The molecule has 0 saturated carbocycles. The average molecular weight is 325 g/mol. The van der Waals surface area contributed by atoms with E-state index in [1.807, 2.05) is 12.4 Å². The smallest absolute Gasteiger partial charge is 0.185 e. The van der Waals surface area contributed by atoms with Crippen LogP contribution in [0, 0.1) is 6.92 Å². The lowest BCUT2D eigenvalue weighted by Crippen LogP contribution is -2.23. The summed E-state index contributed by atoms with van der Waals surface area (Å²) < 4.78 is 6.35. The fraction of sp³-hybridized carbons (Fsp3) is 0.294. The Balaban J connectivity index is 1.77. The van der Waals surface area contributed by atoms with Crippen molar-refractivity contribution in [2.75, 3.05) is 20.3 Å². The molecule has 0 fully saturated rings. The van der Waals surface area contributed by atoms with E-state index in [9.17, 15) is 0 Å². The van der Waals surface area contributed by atoms with Gasteiger partial charge in [0.25, 0.3) is 0 Å². The highest BCUT2D eigenvalue weighted by Crippen LogP contribution is 2.33. The Morgan fingerprint density at radius 3 is 2.83 bits per heavy atom. The highest BCUT2D eigenvalue weighted by molar-refractivity contribution is 7.22. The van der Waals surface area contributed by atoms with Gasteiger partial charge >= 0.3 is 0 Å². The van der Waals surface area contributed by atoms with E-state index in [1.165, 1.54) is 20.7 Å². The topological polar surface area (TPSA) is 38.2 Å². The van der Waals surface area contributed by atoms with Gasteiger partial charge in [-0.2, -0.15) is 0 Å². The van der Waals surface area contributed by atoms with Gasteiger partial charge in [0.1, 0.15) is 0 Å². The van der Waals surface area contributed by atoms with Crippen molar-refractivity contribution in [2.24, 2.45) is 0 Å². The summed E-state index contributed by atoms with van der Waals surface area (Å²) in [5, 5.41) is 0. The second-order valence-electron chi connectivity index (χ2n) is 5.74. The molecule has 0 unspecified atom stereocenters. The first kappa shape index (κ1) is 16.1. The Hall–Kier alpha value is -1.76. The van der Waals surface area contributed by atoms with Gasteiger partial charge < -0.3 is 9.55 Å². The number of fused-ring (bicyclic) bond motifs is 1. The third kappa shape index (κ3) is 3.78. The normalized spacial score (nSPS) is 11.4. The number of thiophene rings is 1. The lowest BCUT2D eigenvalue weighted by Gasteiger charge is -2.16. The Kier molecular flexibility index (Phi) is 5.05. The number of pyridine rings is 2. The molecular weight excluding hydrogens is 305 g/mol. The molecule has 0 aliphatic rings. The van der Waals surface area contributed by atoms with Gasteiger partial charge in [0, 0.05) is 32.6 Å². The van der Waals surface area contributed by atoms with E-state index >= 15 is 0 Å². The zero-order valence-electron chi connectivity index (χ0n) is 13.7. The molecule has 3 rings (SSSR count). The fourth-order valence-corrected chi connectivity index (χ4v) is 3.55. The van der Waals surface area contributed by atoms with Crippen LogP contribution < -0.4 is 0 Å². The number of hydrogen-bond acceptors (Lipinski definition) is 5. The maximum absolute atomic E-state index is 5.10. The molecule has 0 spiro atoms. The highest BCUT2D eigenvalue weighted by Gasteiger charge is 2.08. The molecule has 23 heavy (non-hydrogen) atoms. The summed E-state index contributed by atoms with van der Waals surface area (Å²) in [4.78, 5) is 12.5. The number of rotatable bonds is 6. The van der Waals surface area contributed by atoms with E-state index in [1.54, 1.807) is 18.4 Å². The monoisotopic (exact) mass is 325 g/mol. The number of aryl methyl sites for hydroxylation is 1. The first-order valence-corrected chi connectivity index (χ1v) is 8.47. The van der Waals surface area contributed by atoms with Crippen molar-refractivity contribution < 1.29 is 4.74 Å². The minimum atomic E-state index is 0.746. The molecule has 0 radical (unpaired) electrons. The van der Waals surface area contributed by atoms with Crippen LogP contribution >= 0.6 is 11.3 Å². The number of methoxy groups -OCH3 is 1. The molecule has 118 valence electrons. The second kappa shape index (κ2) is 7.21. The van der Waals surface area contributed by atoms with Gasteiger partial charge in [0.15, 0.2) is 7.98 Å². The lowest BCUT2D eigenvalue weighted by atomic mass is 10.2. The van der Waals surface area contributed by atoms with Crippen molar-refractivity contribution in [3.63, 3.8) is 0 Å². The lowest BCUT2D eigenvalue weighted by molar-refractivity contribution is 0.179. The zero-order valence-corrected chi connectivity index (χ0v) is 14.6. The standard InChI is InChI=1S/C17H20BN3OS/c1-12-5-6-19-15-9-16(23-17(12)15)14-4-3-13(10-20-14)11-21(18)7-8-22-2/h3-6,9-10H,7-8,11,18H2,1-2H3. The molecule has 0 aromatic carbocycles. The summed E-state index contributed by atoms with van der Waals surface area (Å²) in [6, 6.07) is 8.42. The molecule has 0 saturated heterocycles. The van der Waals surface area contributed by atoms with Crippen molar-refractivity contribution >= 4 is 29.5 Å². The minimum absolute atomic E-state index is 0.746. The number of ether oxygens (including phenoxy) is 1. The van der Waals surface area contributed by atoms with E-state index in [0.717, 1.165) is 30.9 Å².